The second-order valence-electron chi connectivity index (χ2n) is 5.42. The Morgan fingerprint density at radius 3 is 2.30 bits per heavy atom. The third-order valence-electron chi connectivity index (χ3n) is 3.78. The molecule has 0 heterocycles. The third-order valence-corrected chi connectivity index (χ3v) is 3.78. The van der Waals surface area contributed by atoms with Gasteiger partial charge in [0.1, 0.15) is 5.75 Å². The molecule has 114 valence electrons. The van der Waals surface area contributed by atoms with Crippen LogP contribution in [0.5, 0.6) is 5.75 Å². The first-order valence-electron chi connectivity index (χ1n) is 7.65. The Kier molecular flexibility index (Phi) is 6.50. The average Bonchev–Trinajstić information content (AvgIpc) is 2.44. The van der Waals surface area contributed by atoms with Crippen molar-refractivity contribution in [1.29, 1.82) is 0 Å². The molecule has 1 atom stereocenters. The molecule has 1 unspecified atom stereocenters. The zero-order chi connectivity index (χ0) is 15.2. The Morgan fingerprint density at radius 1 is 1.15 bits per heavy atom. The molecule has 0 bridgehead atoms. The van der Waals surface area contributed by atoms with Gasteiger partial charge in [-0.3, -0.25) is 0 Å². The highest BCUT2D eigenvalue weighted by Gasteiger charge is 2.35. The molecule has 1 aromatic rings. The molecule has 0 spiro atoms. The molecule has 0 aliphatic carbocycles. The molecule has 0 saturated heterocycles. The molecule has 0 saturated carbocycles. The topological polar surface area (TPSA) is 44.5 Å². The van der Waals surface area contributed by atoms with Crippen molar-refractivity contribution in [3.63, 3.8) is 0 Å². The Labute approximate surface area is 123 Å². The molecule has 0 aromatic heterocycles. The molecule has 0 aliphatic rings. The summed E-state index contributed by atoms with van der Waals surface area (Å²) in [7, 11) is 0. The molecule has 0 amide bonds. The quantitative estimate of drug-likeness (QED) is 0.780. The Hall–Kier alpha value is -1.06. The summed E-state index contributed by atoms with van der Waals surface area (Å²) in [6.07, 6.45) is 1.96. The molecule has 3 heteroatoms. The Balaban J connectivity index is 3.02. The van der Waals surface area contributed by atoms with Gasteiger partial charge in [-0.25, -0.2) is 0 Å². The van der Waals surface area contributed by atoms with Gasteiger partial charge in [-0.05, 0) is 51.3 Å². The number of benzene rings is 1. The standard InChI is InChI=1S/C17H29NO2/c1-6-17(7-2,19-8-3)16(18)14-10-9-11-15(12-14)20-13(4)5/h9-13,16H,6-8,18H2,1-5H3. The van der Waals surface area contributed by atoms with E-state index in [1.54, 1.807) is 0 Å². The van der Waals surface area contributed by atoms with Crippen molar-refractivity contribution in [1.82, 2.24) is 0 Å². The van der Waals surface area contributed by atoms with Gasteiger partial charge in [-0.2, -0.15) is 0 Å². The van der Waals surface area contributed by atoms with Crippen LogP contribution in [-0.4, -0.2) is 18.3 Å². The van der Waals surface area contributed by atoms with Gasteiger partial charge < -0.3 is 15.2 Å². The summed E-state index contributed by atoms with van der Waals surface area (Å²) in [6.45, 7) is 11.0. The van der Waals surface area contributed by atoms with E-state index in [-0.39, 0.29) is 17.7 Å². The summed E-state index contributed by atoms with van der Waals surface area (Å²) in [5, 5.41) is 0. The minimum absolute atomic E-state index is 0.145. The lowest BCUT2D eigenvalue weighted by Crippen LogP contribution is -2.43. The highest BCUT2D eigenvalue weighted by molar-refractivity contribution is 5.32. The van der Waals surface area contributed by atoms with E-state index in [1.807, 2.05) is 39.0 Å². The van der Waals surface area contributed by atoms with Gasteiger partial charge in [-0.15, -0.1) is 0 Å². The zero-order valence-corrected chi connectivity index (χ0v) is 13.5. The van der Waals surface area contributed by atoms with E-state index in [9.17, 15) is 0 Å². The predicted octanol–water partition coefficient (Wildman–Crippen LogP) is 4.07. The van der Waals surface area contributed by atoms with Crippen LogP contribution in [-0.2, 0) is 4.74 Å². The van der Waals surface area contributed by atoms with E-state index in [0.717, 1.165) is 24.2 Å². The van der Waals surface area contributed by atoms with Crippen LogP contribution in [0.2, 0.25) is 0 Å². The molecule has 2 N–H and O–H groups in total. The maximum absolute atomic E-state index is 6.50. The summed E-state index contributed by atoms with van der Waals surface area (Å²) in [6, 6.07) is 7.90. The van der Waals surface area contributed by atoms with Gasteiger partial charge in [0.05, 0.1) is 17.7 Å². The van der Waals surface area contributed by atoms with Gasteiger partial charge in [-0.1, -0.05) is 26.0 Å². The molecule has 1 aromatic carbocycles. The molecule has 3 nitrogen and oxygen atoms in total. The molecule has 0 fully saturated rings. The Bertz CT molecular complexity index is 400. The summed E-state index contributed by atoms with van der Waals surface area (Å²) < 4.78 is 11.7. The van der Waals surface area contributed by atoms with E-state index in [2.05, 4.69) is 19.9 Å². The number of nitrogens with two attached hydrogens (primary N) is 1. The van der Waals surface area contributed by atoms with Gasteiger partial charge in [0, 0.05) is 6.61 Å². The largest absolute Gasteiger partial charge is 0.491 e. The van der Waals surface area contributed by atoms with Crippen molar-refractivity contribution in [2.75, 3.05) is 6.61 Å². The number of hydrogen-bond donors (Lipinski definition) is 1. The van der Waals surface area contributed by atoms with Crippen LogP contribution in [0.3, 0.4) is 0 Å². The van der Waals surface area contributed by atoms with Gasteiger partial charge in [0.25, 0.3) is 0 Å². The van der Waals surface area contributed by atoms with E-state index >= 15 is 0 Å². The van der Waals surface area contributed by atoms with E-state index in [1.165, 1.54) is 0 Å². The van der Waals surface area contributed by atoms with Crippen LogP contribution in [0.1, 0.15) is 59.1 Å². The van der Waals surface area contributed by atoms with Gasteiger partial charge in [0.15, 0.2) is 0 Å². The van der Waals surface area contributed by atoms with Crippen LogP contribution < -0.4 is 10.5 Å². The monoisotopic (exact) mass is 279 g/mol. The van der Waals surface area contributed by atoms with Gasteiger partial charge in [0.2, 0.25) is 0 Å². The smallest absolute Gasteiger partial charge is 0.120 e. The van der Waals surface area contributed by atoms with Crippen molar-refractivity contribution in [2.24, 2.45) is 5.73 Å². The summed E-state index contributed by atoms with van der Waals surface area (Å²) >= 11 is 0. The van der Waals surface area contributed by atoms with Crippen LogP contribution in [0, 0.1) is 0 Å². The lowest BCUT2D eigenvalue weighted by molar-refractivity contribution is -0.0646. The molecule has 0 aliphatic heterocycles. The molecule has 0 radical (unpaired) electrons. The first-order chi connectivity index (χ1) is 9.49. The fourth-order valence-corrected chi connectivity index (χ4v) is 2.63. The fourth-order valence-electron chi connectivity index (χ4n) is 2.63. The third kappa shape index (κ3) is 3.97. The second kappa shape index (κ2) is 7.65. The number of ether oxygens (including phenoxy) is 2. The fraction of sp³-hybridized carbons (Fsp3) is 0.647. The Morgan fingerprint density at radius 2 is 1.80 bits per heavy atom. The number of rotatable bonds is 8. The summed E-state index contributed by atoms with van der Waals surface area (Å²) in [5.74, 6) is 0.866. The maximum Gasteiger partial charge on any atom is 0.120 e. The normalized spacial score (nSPS) is 13.6. The summed E-state index contributed by atoms with van der Waals surface area (Å²) in [5.41, 5.74) is 7.27. The van der Waals surface area contributed by atoms with Crippen molar-refractivity contribution in [3.8, 4) is 5.75 Å². The van der Waals surface area contributed by atoms with Gasteiger partial charge >= 0.3 is 0 Å². The zero-order valence-electron chi connectivity index (χ0n) is 13.5. The number of hydrogen-bond acceptors (Lipinski definition) is 3. The average molecular weight is 279 g/mol. The van der Waals surface area contributed by atoms with Crippen LogP contribution >= 0.6 is 0 Å². The van der Waals surface area contributed by atoms with E-state index < -0.39 is 0 Å². The maximum atomic E-state index is 6.50. The van der Waals surface area contributed by atoms with Crippen molar-refractivity contribution < 1.29 is 9.47 Å². The van der Waals surface area contributed by atoms with Crippen LogP contribution in [0.15, 0.2) is 24.3 Å². The van der Waals surface area contributed by atoms with E-state index in [4.69, 9.17) is 15.2 Å². The lowest BCUT2D eigenvalue weighted by atomic mass is 9.84. The first kappa shape index (κ1) is 17.0. The van der Waals surface area contributed by atoms with Crippen molar-refractivity contribution in [3.05, 3.63) is 29.8 Å². The first-order valence-corrected chi connectivity index (χ1v) is 7.65. The lowest BCUT2D eigenvalue weighted by Gasteiger charge is -2.37. The summed E-state index contributed by atoms with van der Waals surface area (Å²) in [4.78, 5) is 0. The SMILES string of the molecule is CCOC(CC)(CC)C(N)c1cccc(OC(C)C)c1. The molecular weight excluding hydrogens is 250 g/mol. The highest BCUT2D eigenvalue weighted by Crippen LogP contribution is 2.34. The molecule has 1 rings (SSSR count). The molecule has 20 heavy (non-hydrogen) atoms. The van der Waals surface area contributed by atoms with Crippen molar-refractivity contribution >= 4 is 0 Å². The predicted molar refractivity (Wildman–Crippen MR) is 84.1 cm³/mol. The van der Waals surface area contributed by atoms with Crippen LogP contribution in [0.4, 0.5) is 0 Å². The second-order valence-corrected chi connectivity index (χ2v) is 5.42. The van der Waals surface area contributed by atoms with E-state index in [0.29, 0.717) is 6.61 Å². The minimum atomic E-state index is -0.300. The van der Waals surface area contributed by atoms with Crippen LogP contribution in [0.25, 0.3) is 0 Å². The van der Waals surface area contributed by atoms with Crippen molar-refractivity contribution in [2.45, 2.75) is 65.2 Å². The highest BCUT2D eigenvalue weighted by atomic mass is 16.5. The molecular formula is C17H29NO2. The minimum Gasteiger partial charge on any atom is -0.491 e.